The second-order valence-electron chi connectivity index (χ2n) is 6.57. The molecule has 0 radical (unpaired) electrons. The summed E-state index contributed by atoms with van der Waals surface area (Å²) >= 11 is 5.64. The van der Waals surface area contributed by atoms with Crippen LogP contribution in [0.15, 0.2) is 36.5 Å². The van der Waals surface area contributed by atoms with Crippen molar-refractivity contribution in [1.82, 2.24) is 25.1 Å². The van der Waals surface area contributed by atoms with E-state index in [0.29, 0.717) is 0 Å². The normalized spacial score (nSPS) is 20.7. The van der Waals surface area contributed by atoms with Gasteiger partial charge in [-0.1, -0.05) is 6.07 Å². The summed E-state index contributed by atoms with van der Waals surface area (Å²) in [5.74, 6) is 0. The third-order valence-electron chi connectivity index (χ3n) is 4.38. The van der Waals surface area contributed by atoms with Crippen LogP contribution in [0.2, 0.25) is 0 Å². The summed E-state index contributed by atoms with van der Waals surface area (Å²) in [5.41, 5.74) is 3.36. The Hall–Kier alpha value is -1.92. The second-order valence-corrected chi connectivity index (χ2v) is 6.96. The quantitative estimate of drug-likeness (QED) is 0.790. The average molecular weight is 344 g/mol. The molecular weight excluding hydrogens is 318 g/mol. The Bertz CT molecular complexity index is 682. The molecule has 1 fully saturated rings. The Morgan fingerprint density at radius 1 is 1.25 bits per heavy atom. The number of H-pyrrole nitrogens is 1. The van der Waals surface area contributed by atoms with Gasteiger partial charge in [0, 0.05) is 24.1 Å². The van der Waals surface area contributed by atoms with E-state index in [1.54, 1.807) is 0 Å². The van der Waals surface area contributed by atoms with Crippen molar-refractivity contribution in [2.45, 2.75) is 25.4 Å². The molecule has 3 heterocycles. The molecule has 128 valence electrons. The first-order valence-electron chi connectivity index (χ1n) is 8.34. The molecular formula is C18H25N5S. The Kier molecular flexibility index (Phi) is 5.16. The zero-order chi connectivity index (χ0) is 17.1. The van der Waals surface area contributed by atoms with Crippen molar-refractivity contribution in [2.75, 3.05) is 27.2 Å². The zero-order valence-corrected chi connectivity index (χ0v) is 15.3. The molecule has 2 aromatic heterocycles. The van der Waals surface area contributed by atoms with Crippen LogP contribution in [0, 0.1) is 6.92 Å². The van der Waals surface area contributed by atoms with E-state index in [9.17, 15) is 0 Å². The fraction of sp³-hybridized carbons (Fsp3) is 0.444. The summed E-state index contributed by atoms with van der Waals surface area (Å²) in [6.45, 7) is 4.05. The van der Waals surface area contributed by atoms with Gasteiger partial charge in [0.2, 0.25) is 0 Å². The molecule has 24 heavy (non-hydrogen) atoms. The van der Waals surface area contributed by atoms with Crippen LogP contribution in [0.25, 0.3) is 0 Å². The maximum atomic E-state index is 5.64. The molecule has 3 rings (SSSR count). The fourth-order valence-electron chi connectivity index (χ4n) is 3.24. The minimum Gasteiger partial charge on any atom is -0.361 e. The van der Waals surface area contributed by atoms with Crippen molar-refractivity contribution in [3.63, 3.8) is 0 Å². The van der Waals surface area contributed by atoms with Gasteiger partial charge < -0.3 is 20.1 Å². The highest BCUT2D eigenvalue weighted by atomic mass is 32.1. The van der Waals surface area contributed by atoms with E-state index >= 15 is 0 Å². The summed E-state index contributed by atoms with van der Waals surface area (Å²) in [4.78, 5) is 12.5. The van der Waals surface area contributed by atoms with Crippen LogP contribution < -0.4 is 5.32 Å². The monoisotopic (exact) mass is 343 g/mol. The largest absolute Gasteiger partial charge is 0.361 e. The highest BCUT2D eigenvalue weighted by Crippen LogP contribution is 2.37. The predicted octanol–water partition coefficient (Wildman–Crippen LogP) is 2.64. The van der Waals surface area contributed by atoms with Crippen molar-refractivity contribution < 1.29 is 0 Å². The summed E-state index contributed by atoms with van der Waals surface area (Å²) < 4.78 is 0. The van der Waals surface area contributed by atoms with Crippen LogP contribution in [0.4, 0.5) is 0 Å². The lowest BCUT2D eigenvalue weighted by molar-refractivity contribution is 0.289. The molecule has 1 aliphatic heterocycles. The maximum absolute atomic E-state index is 5.64. The van der Waals surface area contributed by atoms with Crippen LogP contribution in [0.3, 0.4) is 0 Å². The topological polar surface area (TPSA) is 47.2 Å². The first kappa shape index (κ1) is 16.9. The molecule has 5 nitrogen and oxygen atoms in total. The maximum Gasteiger partial charge on any atom is 0.170 e. The van der Waals surface area contributed by atoms with E-state index in [4.69, 9.17) is 12.2 Å². The number of aromatic nitrogens is 2. The number of hydrogen-bond donors (Lipinski definition) is 2. The number of thiocarbonyl (C=S) groups is 1. The van der Waals surface area contributed by atoms with Crippen LogP contribution in [-0.4, -0.2) is 52.1 Å². The smallest absolute Gasteiger partial charge is 0.170 e. The summed E-state index contributed by atoms with van der Waals surface area (Å²) in [7, 11) is 4.20. The number of pyridine rings is 1. The Morgan fingerprint density at radius 3 is 2.71 bits per heavy atom. The van der Waals surface area contributed by atoms with E-state index < -0.39 is 0 Å². The molecule has 2 aromatic rings. The van der Waals surface area contributed by atoms with Gasteiger partial charge in [0.1, 0.15) is 0 Å². The molecule has 2 N–H and O–H groups in total. The van der Waals surface area contributed by atoms with E-state index in [2.05, 4.69) is 64.3 Å². The van der Waals surface area contributed by atoms with Crippen molar-refractivity contribution in [3.8, 4) is 0 Å². The molecule has 1 saturated heterocycles. The van der Waals surface area contributed by atoms with Crippen molar-refractivity contribution in [1.29, 1.82) is 0 Å². The lowest BCUT2D eigenvalue weighted by atomic mass is 10.0. The van der Waals surface area contributed by atoms with E-state index in [0.717, 1.165) is 36.0 Å². The van der Waals surface area contributed by atoms with Gasteiger partial charge in [-0.15, -0.1) is 0 Å². The highest BCUT2D eigenvalue weighted by molar-refractivity contribution is 7.80. The van der Waals surface area contributed by atoms with E-state index in [1.807, 2.05) is 18.3 Å². The lowest BCUT2D eigenvalue weighted by Gasteiger charge is -2.27. The van der Waals surface area contributed by atoms with Gasteiger partial charge in [-0.25, -0.2) is 0 Å². The van der Waals surface area contributed by atoms with Crippen molar-refractivity contribution in [2.24, 2.45) is 0 Å². The number of rotatable bonds is 6. The molecule has 0 spiro atoms. The number of hydrogen-bond acceptors (Lipinski definition) is 3. The van der Waals surface area contributed by atoms with Gasteiger partial charge in [0.05, 0.1) is 17.8 Å². The summed E-state index contributed by atoms with van der Waals surface area (Å²) in [5, 5.41) is 4.28. The minimum atomic E-state index is 0.0658. The number of aromatic amines is 1. The fourth-order valence-corrected chi connectivity index (χ4v) is 3.57. The molecule has 2 atom stereocenters. The SMILES string of the molecule is Cc1ccc(C2C(c3ccccn3)NC(=S)N2CCCN(C)C)[nH]1. The number of aryl methyl sites for hydroxylation is 1. The van der Waals surface area contributed by atoms with Crippen LogP contribution in [-0.2, 0) is 0 Å². The first-order valence-corrected chi connectivity index (χ1v) is 8.75. The van der Waals surface area contributed by atoms with Gasteiger partial charge in [0.25, 0.3) is 0 Å². The summed E-state index contributed by atoms with van der Waals surface area (Å²) in [6, 6.07) is 10.5. The Morgan fingerprint density at radius 2 is 2.08 bits per heavy atom. The summed E-state index contributed by atoms with van der Waals surface area (Å²) in [6.07, 6.45) is 2.91. The molecule has 0 aromatic carbocycles. The molecule has 0 saturated carbocycles. The van der Waals surface area contributed by atoms with Gasteiger partial charge in [-0.2, -0.15) is 0 Å². The van der Waals surface area contributed by atoms with Crippen molar-refractivity contribution in [3.05, 3.63) is 53.6 Å². The van der Waals surface area contributed by atoms with Gasteiger partial charge in [-0.3, -0.25) is 4.98 Å². The third-order valence-corrected chi connectivity index (χ3v) is 4.73. The van der Waals surface area contributed by atoms with Crippen molar-refractivity contribution >= 4 is 17.3 Å². The number of nitrogens with zero attached hydrogens (tertiary/aromatic N) is 3. The van der Waals surface area contributed by atoms with Crippen LogP contribution >= 0.6 is 12.2 Å². The lowest BCUT2D eigenvalue weighted by Crippen LogP contribution is -2.32. The third kappa shape index (κ3) is 3.60. The van der Waals surface area contributed by atoms with Gasteiger partial charge in [-0.05, 0) is 70.5 Å². The molecule has 6 heteroatoms. The van der Waals surface area contributed by atoms with Crippen LogP contribution in [0.5, 0.6) is 0 Å². The molecule has 0 bridgehead atoms. The average Bonchev–Trinajstić information content (AvgIpc) is 3.12. The predicted molar refractivity (Wildman–Crippen MR) is 101 cm³/mol. The minimum absolute atomic E-state index is 0.0658. The molecule has 1 aliphatic rings. The first-order chi connectivity index (χ1) is 11.6. The van der Waals surface area contributed by atoms with E-state index in [-0.39, 0.29) is 12.1 Å². The molecule has 0 amide bonds. The second kappa shape index (κ2) is 7.32. The zero-order valence-electron chi connectivity index (χ0n) is 14.5. The molecule has 0 aliphatic carbocycles. The Labute approximate surface area is 149 Å². The van der Waals surface area contributed by atoms with Gasteiger partial charge >= 0.3 is 0 Å². The number of nitrogens with one attached hydrogen (secondary N) is 2. The molecule has 2 unspecified atom stereocenters. The Balaban J connectivity index is 1.88. The standard InChI is InChI=1S/C18H25N5S/c1-13-8-9-15(20-13)17-16(14-7-4-5-10-19-14)21-18(24)23(17)12-6-11-22(2)3/h4-5,7-10,16-17,20H,6,11-12H2,1-3H3,(H,21,24). The van der Waals surface area contributed by atoms with Gasteiger partial charge in [0.15, 0.2) is 5.11 Å². The highest BCUT2D eigenvalue weighted by Gasteiger charge is 2.40. The van der Waals surface area contributed by atoms with Crippen LogP contribution in [0.1, 0.15) is 35.6 Å². The van der Waals surface area contributed by atoms with E-state index in [1.165, 1.54) is 5.69 Å².